The number of hydrogen-bond donors (Lipinski definition) is 1. The van der Waals surface area contributed by atoms with E-state index in [0.29, 0.717) is 22.5 Å². The molecule has 0 aliphatic carbocycles. The Bertz CT molecular complexity index is 506. The number of ether oxygens (including phenoxy) is 1. The number of rotatable bonds is 4. The minimum atomic E-state index is 0.444. The SMILES string of the molecule is CCNc1cc(Oc2cncc(Cl)c2)ncn1. The highest BCUT2D eigenvalue weighted by Gasteiger charge is 2.02. The molecular formula is C11H11ClN4O. The molecule has 2 rings (SSSR count). The fourth-order valence-corrected chi connectivity index (χ4v) is 1.41. The lowest BCUT2D eigenvalue weighted by Gasteiger charge is -2.06. The van der Waals surface area contributed by atoms with Crippen molar-refractivity contribution in [2.75, 3.05) is 11.9 Å². The van der Waals surface area contributed by atoms with Crippen LogP contribution in [0.5, 0.6) is 11.6 Å². The molecule has 0 radical (unpaired) electrons. The molecule has 0 bridgehead atoms. The van der Waals surface area contributed by atoms with Crippen molar-refractivity contribution in [3.05, 3.63) is 35.9 Å². The Balaban J connectivity index is 2.15. The molecule has 5 nitrogen and oxygen atoms in total. The van der Waals surface area contributed by atoms with Gasteiger partial charge < -0.3 is 10.1 Å². The first-order chi connectivity index (χ1) is 8.28. The Labute approximate surface area is 104 Å². The highest BCUT2D eigenvalue weighted by atomic mass is 35.5. The normalized spacial score (nSPS) is 10.0. The third-order valence-electron chi connectivity index (χ3n) is 1.90. The third-order valence-corrected chi connectivity index (χ3v) is 2.11. The molecule has 2 aromatic rings. The van der Waals surface area contributed by atoms with E-state index in [1.165, 1.54) is 6.33 Å². The van der Waals surface area contributed by atoms with Crippen LogP contribution in [-0.4, -0.2) is 21.5 Å². The summed E-state index contributed by atoms with van der Waals surface area (Å²) >= 11 is 5.80. The summed E-state index contributed by atoms with van der Waals surface area (Å²) in [5, 5.41) is 3.59. The molecule has 88 valence electrons. The molecule has 0 aliphatic rings. The van der Waals surface area contributed by atoms with E-state index in [1.54, 1.807) is 24.5 Å². The summed E-state index contributed by atoms with van der Waals surface area (Å²) in [5.41, 5.74) is 0. The van der Waals surface area contributed by atoms with Crippen LogP contribution < -0.4 is 10.1 Å². The van der Waals surface area contributed by atoms with E-state index in [0.717, 1.165) is 6.54 Å². The van der Waals surface area contributed by atoms with Crippen molar-refractivity contribution in [2.24, 2.45) is 0 Å². The first-order valence-electron chi connectivity index (χ1n) is 5.12. The summed E-state index contributed by atoms with van der Waals surface area (Å²) in [7, 11) is 0. The number of pyridine rings is 1. The minimum Gasteiger partial charge on any atom is -0.437 e. The van der Waals surface area contributed by atoms with Gasteiger partial charge in [0.25, 0.3) is 0 Å². The van der Waals surface area contributed by atoms with Crippen LogP contribution in [0.3, 0.4) is 0 Å². The standard InChI is InChI=1S/C11H11ClN4O/c1-2-14-10-4-11(16-7-15-10)17-9-3-8(12)5-13-6-9/h3-7H,2H2,1H3,(H,14,15,16). The van der Waals surface area contributed by atoms with Crippen LogP contribution in [0, 0.1) is 0 Å². The molecule has 6 heteroatoms. The molecule has 0 spiro atoms. The highest BCUT2D eigenvalue weighted by Crippen LogP contribution is 2.22. The Hall–Kier alpha value is -1.88. The first kappa shape index (κ1) is 11.6. The molecule has 0 aliphatic heterocycles. The van der Waals surface area contributed by atoms with Crippen LogP contribution in [0.25, 0.3) is 0 Å². The molecule has 1 N–H and O–H groups in total. The average Bonchev–Trinajstić information content (AvgIpc) is 2.30. The summed E-state index contributed by atoms with van der Waals surface area (Å²) in [6, 6.07) is 3.38. The second-order valence-corrected chi connectivity index (χ2v) is 3.65. The van der Waals surface area contributed by atoms with E-state index < -0.39 is 0 Å². The zero-order valence-corrected chi connectivity index (χ0v) is 9.98. The lowest BCUT2D eigenvalue weighted by atomic mass is 10.4. The molecule has 0 saturated heterocycles. The van der Waals surface area contributed by atoms with Crippen LogP contribution >= 0.6 is 11.6 Å². The third kappa shape index (κ3) is 3.29. The summed E-state index contributed by atoms with van der Waals surface area (Å²) in [4.78, 5) is 12.0. The van der Waals surface area contributed by atoms with E-state index in [-0.39, 0.29) is 0 Å². The van der Waals surface area contributed by atoms with Crippen molar-refractivity contribution >= 4 is 17.4 Å². The monoisotopic (exact) mass is 250 g/mol. The van der Waals surface area contributed by atoms with E-state index >= 15 is 0 Å². The summed E-state index contributed by atoms with van der Waals surface area (Å²) < 4.78 is 5.51. The lowest BCUT2D eigenvalue weighted by molar-refractivity contribution is 0.460. The molecular weight excluding hydrogens is 240 g/mol. The predicted octanol–water partition coefficient (Wildman–Crippen LogP) is 2.75. The fourth-order valence-electron chi connectivity index (χ4n) is 1.24. The average molecular weight is 251 g/mol. The molecule has 0 amide bonds. The second kappa shape index (κ2) is 5.45. The van der Waals surface area contributed by atoms with Crippen molar-refractivity contribution in [3.63, 3.8) is 0 Å². The van der Waals surface area contributed by atoms with Gasteiger partial charge in [-0.15, -0.1) is 0 Å². The molecule has 17 heavy (non-hydrogen) atoms. The zero-order chi connectivity index (χ0) is 12.1. The molecule has 0 aromatic carbocycles. The summed E-state index contributed by atoms with van der Waals surface area (Å²) in [5.74, 6) is 1.70. The molecule has 0 atom stereocenters. The van der Waals surface area contributed by atoms with Gasteiger partial charge in [-0.05, 0) is 6.92 Å². The number of halogens is 1. The lowest BCUT2D eigenvalue weighted by Crippen LogP contribution is -2.00. The summed E-state index contributed by atoms with van der Waals surface area (Å²) in [6.45, 7) is 2.78. The quantitative estimate of drug-likeness (QED) is 0.904. The zero-order valence-electron chi connectivity index (χ0n) is 9.22. The maximum atomic E-state index is 5.80. The van der Waals surface area contributed by atoms with Gasteiger partial charge in [0.15, 0.2) is 0 Å². The number of anilines is 1. The topological polar surface area (TPSA) is 59.9 Å². The molecule has 0 unspecified atom stereocenters. The predicted molar refractivity (Wildman–Crippen MR) is 65.5 cm³/mol. The van der Waals surface area contributed by atoms with Gasteiger partial charge in [-0.25, -0.2) is 9.97 Å². The number of nitrogens with one attached hydrogen (secondary N) is 1. The van der Waals surface area contributed by atoms with Crippen molar-refractivity contribution < 1.29 is 4.74 Å². The minimum absolute atomic E-state index is 0.444. The Morgan fingerprint density at radius 1 is 1.29 bits per heavy atom. The van der Waals surface area contributed by atoms with Crippen molar-refractivity contribution in [3.8, 4) is 11.6 Å². The number of nitrogens with zero attached hydrogens (tertiary/aromatic N) is 3. The van der Waals surface area contributed by atoms with Crippen molar-refractivity contribution in [1.29, 1.82) is 0 Å². The van der Waals surface area contributed by atoms with Gasteiger partial charge in [-0.3, -0.25) is 4.98 Å². The van der Waals surface area contributed by atoms with Gasteiger partial charge >= 0.3 is 0 Å². The summed E-state index contributed by atoms with van der Waals surface area (Å²) in [6.07, 6.45) is 4.55. The van der Waals surface area contributed by atoms with Crippen molar-refractivity contribution in [2.45, 2.75) is 6.92 Å². The van der Waals surface area contributed by atoms with Gasteiger partial charge in [0.05, 0.1) is 11.2 Å². The largest absolute Gasteiger partial charge is 0.437 e. The maximum absolute atomic E-state index is 5.80. The van der Waals surface area contributed by atoms with Gasteiger partial charge in [-0.1, -0.05) is 11.6 Å². The Morgan fingerprint density at radius 2 is 2.18 bits per heavy atom. The van der Waals surface area contributed by atoms with Crippen LogP contribution in [0.15, 0.2) is 30.9 Å². The second-order valence-electron chi connectivity index (χ2n) is 3.21. The van der Waals surface area contributed by atoms with Crippen LogP contribution in [0.1, 0.15) is 6.92 Å². The van der Waals surface area contributed by atoms with Crippen molar-refractivity contribution in [1.82, 2.24) is 15.0 Å². The van der Waals surface area contributed by atoms with Crippen LogP contribution in [-0.2, 0) is 0 Å². The van der Waals surface area contributed by atoms with Crippen LogP contribution in [0.2, 0.25) is 5.02 Å². The molecule has 0 fully saturated rings. The molecule has 0 saturated carbocycles. The number of aromatic nitrogens is 3. The van der Waals surface area contributed by atoms with E-state index in [1.807, 2.05) is 6.92 Å². The van der Waals surface area contributed by atoms with Gasteiger partial charge in [0.2, 0.25) is 5.88 Å². The van der Waals surface area contributed by atoms with E-state index in [9.17, 15) is 0 Å². The van der Waals surface area contributed by atoms with E-state index in [2.05, 4.69) is 20.3 Å². The van der Waals surface area contributed by atoms with Gasteiger partial charge in [0, 0.05) is 24.9 Å². The smallest absolute Gasteiger partial charge is 0.224 e. The first-order valence-corrected chi connectivity index (χ1v) is 5.50. The number of hydrogen-bond acceptors (Lipinski definition) is 5. The van der Waals surface area contributed by atoms with Crippen LogP contribution in [0.4, 0.5) is 5.82 Å². The van der Waals surface area contributed by atoms with E-state index in [4.69, 9.17) is 16.3 Å². The Kier molecular flexibility index (Phi) is 3.72. The van der Waals surface area contributed by atoms with Gasteiger partial charge in [0.1, 0.15) is 17.9 Å². The molecule has 2 aromatic heterocycles. The Morgan fingerprint density at radius 3 is 2.94 bits per heavy atom. The van der Waals surface area contributed by atoms with Gasteiger partial charge in [-0.2, -0.15) is 0 Å². The maximum Gasteiger partial charge on any atom is 0.224 e. The fraction of sp³-hybridized carbons (Fsp3) is 0.182. The highest BCUT2D eigenvalue weighted by molar-refractivity contribution is 6.30. The molecule has 2 heterocycles.